The van der Waals surface area contributed by atoms with E-state index in [1.165, 1.54) is 49.2 Å². The number of nitrogens with one attached hydrogen (secondary N) is 2. The Morgan fingerprint density at radius 1 is 0.441 bits per heavy atom. The van der Waals surface area contributed by atoms with Gasteiger partial charge in [0.2, 0.25) is 22.2 Å². The largest absolute Gasteiger partial charge is 0.460 e. The fourth-order valence-electron chi connectivity index (χ4n) is 10.7. The van der Waals surface area contributed by atoms with Gasteiger partial charge in [-0.05, 0) is 167 Å². The number of esters is 1. The van der Waals surface area contributed by atoms with E-state index < -0.39 is 5.97 Å². The van der Waals surface area contributed by atoms with Crippen molar-refractivity contribution >= 4 is 124 Å². The summed E-state index contributed by atoms with van der Waals surface area (Å²) in [7, 11) is 0. The molecule has 12 aromatic rings. The summed E-state index contributed by atoms with van der Waals surface area (Å²) in [5.74, 6) is 0.866. The van der Waals surface area contributed by atoms with E-state index in [1.54, 1.807) is 28.9 Å². The van der Waals surface area contributed by atoms with Crippen LogP contribution in [0.3, 0.4) is 0 Å². The Hall–Kier alpha value is -11.2. The summed E-state index contributed by atoms with van der Waals surface area (Å²) in [5, 5.41) is 36.0. The van der Waals surface area contributed by atoms with Gasteiger partial charge < -0.3 is 38.8 Å². The zero-order valence-corrected chi connectivity index (χ0v) is 66.6. The molecule has 0 saturated carbocycles. The van der Waals surface area contributed by atoms with Crippen LogP contribution in [0, 0.1) is 61.3 Å². The van der Waals surface area contributed by atoms with Crippen LogP contribution in [0.15, 0.2) is 216 Å². The van der Waals surface area contributed by atoms with Crippen molar-refractivity contribution in [2.45, 2.75) is 75.7 Å². The fourth-order valence-corrected chi connectivity index (χ4v) is 12.6. The quantitative estimate of drug-likeness (QED) is 0.0112. The van der Waals surface area contributed by atoms with Gasteiger partial charge in [0.1, 0.15) is 6.61 Å². The molecule has 0 aliphatic carbocycles. The highest BCUT2D eigenvalue weighted by atomic mass is 32.1. The predicted octanol–water partition coefficient (Wildman–Crippen LogP) is 17.1. The Kier molecular flexibility index (Phi) is 33.1. The zero-order chi connectivity index (χ0) is 78.9. The SMILES string of the molecule is C=CC(=O)N(/N=C/c1cc(C)ccc1C)c1nc2ccccc2[nH]1.C=CC(=O)OCCOCCOCCN(/N=C/c1cc(C)ccc1C)c1nc2ccccc2s1.Cc1ccc(C)c(/C=N/N(CCC(C)C)c2nc3ccccc3s2)c1.Cc1ccc(C)c(/C=N/N(CCOCCOCCO)c2nc3ccccc3[nH]2)c1. The van der Waals surface area contributed by atoms with Gasteiger partial charge >= 0.3 is 5.97 Å². The molecule has 578 valence electrons. The number of carbonyl (C=O) groups excluding carboxylic acids is 2. The first-order valence-corrected chi connectivity index (χ1v) is 38.5. The molecule has 0 aliphatic rings. The maximum atomic E-state index is 12.2. The van der Waals surface area contributed by atoms with E-state index in [0.29, 0.717) is 83.8 Å². The molecular formula is C87H100N14O8S2. The summed E-state index contributed by atoms with van der Waals surface area (Å²) >= 11 is 3.30. The highest BCUT2D eigenvalue weighted by molar-refractivity contribution is 7.22. The van der Waals surface area contributed by atoms with E-state index in [9.17, 15) is 9.59 Å². The van der Waals surface area contributed by atoms with E-state index in [2.05, 4.69) is 178 Å². The number of imidazole rings is 2. The third-order valence-corrected chi connectivity index (χ3v) is 19.2. The standard InChI is InChI=1S/C25H29N3O4S.C22H28N4O3.C21H25N3S.C19H18N4O/c1-4-24(29)32-16-15-31-14-13-30-12-11-28(25-27-22-7-5-6-8-23(22)33-25)26-18-21-17-19(2)9-10-20(21)3;1-17-7-8-18(2)19(15-17)16-23-26(9-11-28-13-14-29-12-10-27)22-24-20-5-3-4-6-21(20)25-22;1-15(2)11-12-24(21-23-19-7-5-6-8-20(19)25-21)22-14-18-13-16(3)9-10-17(18)4;1-4-18(24)23(19-21-16-7-5-6-8-17(16)22-19)20-12-15-11-13(2)9-10-14(15)3/h4-10,17-18H,1,11-16H2,2-3H3;3-8,15-16,27H,9-14H2,1-2H3,(H,24,25);5-10,13-15H,11-12H2,1-4H3;4-12H,1H2,2-3H3,(H,21,22)/b26-18+;23-16+;22-14+;20-12+. The third-order valence-electron chi connectivity index (χ3n) is 17.1. The van der Waals surface area contributed by atoms with Gasteiger partial charge in [0.05, 0.1) is 140 Å². The van der Waals surface area contributed by atoms with Crippen LogP contribution in [-0.2, 0) is 33.3 Å². The monoisotopic (exact) mass is 1530 g/mol. The van der Waals surface area contributed by atoms with Gasteiger partial charge in [0.25, 0.3) is 5.91 Å². The Bertz CT molecular complexity index is 4990. The van der Waals surface area contributed by atoms with Crippen LogP contribution < -0.4 is 20.0 Å². The number of hydrazone groups is 4. The number of fused-ring (bicyclic) bond motifs is 4. The van der Waals surface area contributed by atoms with Crippen molar-refractivity contribution in [2.75, 3.05) is 106 Å². The summed E-state index contributed by atoms with van der Waals surface area (Å²) in [4.78, 5) is 48.2. The van der Waals surface area contributed by atoms with Gasteiger partial charge in [0.15, 0.2) is 0 Å². The van der Waals surface area contributed by atoms with Gasteiger partial charge in [-0.25, -0.2) is 39.8 Å². The lowest BCUT2D eigenvalue weighted by Gasteiger charge is -2.17. The number of carbonyl (C=O) groups is 2. The topological polar surface area (TPSA) is 246 Å². The van der Waals surface area contributed by atoms with Gasteiger partial charge in [-0.3, -0.25) is 4.79 Å². The Balaban J connectivity index is 0.000000171. The smallest absolute Gasteiger partial charge is 0.330 e. The second-order valence-electron chi connectivity index (χ2n) is 26.5. The van der Waals surface area contributed by atoms with E-state index in [1.807, 2.05) is 139 Å². The van der Waals surface area contributed by atoms with Gasteiger partial charge in [-0.1, -0.05) is 193 Å². The van der Waals surface area contributed by atoms with Gasteiger partial charge in [-0.2, -0.15) is 25.4 Å². The van der Waals surface area contributed by atoms with Crippen molar-refractivity contribution in [2.24, 2.45) is 26.3 Å². The molecule has 0 unspecified atom stereocenters. The Morgan fingerprint density at radius 2 is 0.820 bits per heavy atom. The number of aromatic amines is 2. The fraction of sp³-hybridized carbons (Fsp3) is 0.287. The number of thiazole rings is 2. The lowest BCUT2D eigenvalue weighted by atomic mass is 10.1. The van der Waals surface area contributed by atoms with Crippen LogP contribution in [-0.4, -0.2) is 157 Å². The lowest BCUT2D eigenvalue weighted by molar-refractivity contribution is -0.139. The minimum absolute atomic E-state index is 0.0208. The number of aliphatic hydroxyl groups is 1. The molecule has 0 radical (unpaired) electrons. The lowest BCUT2D eigenvalue weighted by Crippen LogP contribution is -2.24. The van der Waals surface area contributed by atoms with Crippen molar-refractivity contribution in [1.29, 1.82) is 0 Å². The second-order valence-corrected chi connectivity index (χ2v) is 28.5. The highest BCUT2D eigenvalue weighted by Crippen LogP contribution is 2.31. The molecule has 24 heteroatoms. The molecule has 22 nitrogen and oxygen atoms in total. The molecule has 0 bridgehead atoms. The first kappa shape index (κ1) is 83.8. The van der Waals surface area contributed by atoms with Crippen molar-refractivity contribution in [1.82, 2.24) is 29.9 Å². The maximum absolute atomic E-state index is 12.2. The number of H-pyrrole nitrogens is 2. The number of rotatable bonds is 34. The third kappa shape index (κ3) is 26.5. The maximum Gasteiger partial charge on any atom is 0.330 e. The predicted molar refractivity (Wildman–Crippen MR) is 456 cm³/mol. The molecule has 111 heavy (non-hydrogen) atoms. The minimum Gasteiger partial charge on any atom is -0.460 e. The molecular weight excluding hydrogens is 1430 g/mol. The van der Waals surface area contributed by atoms with E-state index in [4.69, 9.17) is 49.0 Å². The minimum atomic E-state index is -0.453. The summed E-state index contributed by atoms with van der Waals surface area (Å²) in [6.45, 7) is 33.5. The molecule has 12 rings (SSSR count). The number of aliphatic hydroxyl groups excluding tert-OH is 1. The number of ether oxygens (including phenoxy) is 5. The number of amides is 1. The van der Waals surface area contributed by atoms with E-state index >= 15 is 0 Å². The van der Waals surface area contributed by atoms with Crippen LogP contribution in [0.2, 0.25) is 0 Å². The molecule has 0 atom stereocenters. The van der Waals surface area contributed by atoms with Crippen LogP contribution >= 0.6 is 22.7 Å². The second kappa shape index (κ2) is 43.8. The van der Waals surface area contributed by atoms with Crippen molar-refractivity contribution in [3.05, 3.63) is 262 Å². The Labute approximate surface area is 658 Å². The van der Waals surface area contributed by atoms with Gasteiger partial charge in [0, 0.05) is 12.6 Å². The van der Waals surface area contributed by atoms with Crippen LogP contribution in [0.5, 0.6) is 0 Å². The first-order chi connectivity index (χ1) is 53.8. The van der Waals surface area contributed by atoms with Crippen molar-refractivity contribution in [3.8, 4) is 0 Å². The van der Waals surface area contributed by atoms with Crippen LogP contribution in [0.4, 0.5) is 22.2 Å². The number of benzene rings is 8. The number of aromatic nitrogens is 6. The summed E-state index contributed by atoms with van der Waals surface area (Å²) in [6.07, 6.45) is 10.8. The molecule has 0 fully saturated rings. The van der Waals surface area contributed by atoms with Gasteiger partial charge in [-0.15, -0.1) is 0 Å². The first-order valence-electron chi connectivity index (χ1n) is 36.9. The van der Waals surface area contributed by atoms with E-state index in [0.717, 1.165) is 100 Å². The van der Waals surface area contributed by atoms with Crippen LogP contribution in [0.1, 0.15) is 87.0 Å². The molecule has 0 aliphatic heterocycles. The molecule has 0 saturated heterocycles. The molecule has 8 aromatic carbocycles. The number of nitrogens with zero attached hydrogens (tertiary/aromatic N) is 12. The number of aryl methyl sites for hydroxylation is 8. The molecule has 4 heterocycles. The zero-order valence-electron chi connectivity index (χ0n) is 65.0. The Morgan fingerprint density at radius 3 is 1.25 bits per heavy atom. The van der Waals surface area contributed by atoms with Crippen LogP contribution in [0.25, 0.3) is 42.5 Å². The summed E-state index contributed by atoms with van der Waals surface area (Å²) < 4.78 is 29.1. The normalized spacial score (nSPS) is 11.4. The summed E-state index contributed by atoms with van der Waals surface area (Å²) in [5.41, 5.74) is 19.2. The van der Waals surface area contributed by atoms with Crippen molar-refractivity contribution < 1.29 is 38.4 Å². The highest BCUT2D eigenvalue weighted by Gasteiger charge is 2.18. The molecule has 0 spiro atoms. The number of para-hydroxylation sites is 6. The average Bonchev–Trinajstić information content (AvgIpc) is 1.70. The molecule has 3 N–H and O–H groups in total. The average molecular weight is 1530 g/mol. The van der Waals surface area contributed by atoms with E-state index in [-0.39, 0.29) is 19.1 Å². The number of anilines is 4. The number of hydrogen-bond donors (Lipinski definition) is 3. The molecule has 1 amide bonds. The number of hydrogen-bond acceptors (Lipinski definition) is 21. The molecule has 4 aromatic heterocycles. The van der Waals surface area contributed by atoms with Crippen molar-refractivity contribution in [3.63, 3.8) is 0 Å². The summed E-state index contributed by atoms with van der Waals surface area (Å²) in [6, 6.07) is 57.0.